The fourth-order valence-corrected chi connectivity index (χ4v) is 1.73. The number of carbonyl (C=O) groups excluding carboxylic acids is 1. The van der Waals surface area contributed by atoms with Gasteiger partial charge in [-0.15, -0.1) is 0 Å². The highest BCUT2D eigenvalue weighted by Crippen LogP contribution is 2.15. The zero-order valence-corrected chi connectivity index (χ0v) is 10.0. The highest BCUT2D eigenvalue weighted by Gasteiger charge is 2.15. The number of Topliss-reactive ketones (excluding diaryl/α,β-unsaturated/α-hetero) is 1. The number of nitrogens with zero attached hydrogens (tertiary/aromatic N) is 2. The van der Waals surface area contributed by atoms with Crippen molar-refractivity contribution >= 4 is 17.4 Å². The molecular formula is C12H11ClN2O2. The largest absolute Gasteiger partial charge is 0.485 e. The Morgan fingerprint density at radius 2 is 2.12 bits per heavy atom. The van der Waals surface area contributed by atoms with Crippen LogP contribution in [-0.2, 0) is 7.05 Å². The molecule has 0 aliphatic heterocycles. The molecule has 0 bridgehead atoms. The topological polar surface area (TPSA) is 44.1 Å². The molecule has 5 heteroatoms. The van der Waals surface area contributed by atoms with Gasteiger partial charge in [0.15, 0.2) is 6.61 Å². The lowest BCUT2D eigenvalue weighted by atomic mass is 10.3. The summed E-state index contributed by atoms with van der Waals surface area (Å²) in [4.78, 5) is 11.9. The van der Waals surface area contributed by atoms with Gasteiger partial charge in [-0.1, -0.05) is 29.8 Å². The minimum absolute atomic E-state index is 0.0523. The van der Waals surface area contributed by atoms with E-state index in [-0.39, 0.29) is 12.4 Å². The van der Waals surface area contributed by atoms with Crippen LogP contribution in [0.3, 0.4) is 0 Å². The van der Waals surface area contributed by atoms with Gasteiger partial charge in [-0.3, -0.25) is 9.48 Å². The Labute approximate surface area is 104 Å². The Kier molecular flexibility index (Phi) is 3.44. The lowest BCUT2D eigenvalue weighted by Crippen LogP contribution is -2.15. The minimum Gasteiger partial charge on any atom is -0.485 e. The van der Waals surface area contributed by atoms with Crippen LogP contribution in [0, 0.1) is 0 Å². The Morgan fingerprint density at radius 1 is 1.41 bits per heavy atom. The van der Waals surface area contributed by atoms with Crippen molar-refractivity contribution in [3.8, 4) is 5.75 Å². The smallest absolute Gasteiger partial charge is 0.219 e. The average molecular weight is 251 g/mol. The summed E-state index contributed by atoms with van der Waals surface area (Å²) in [6, 6.07) is 9.15. The van der Waals surface area contributed by atoms with E-state index in [2.05, 4.69) is 5.10 Å². The maximum Gasteiger partial charge on any atom is 0.219 e. The maximum absolute atomic E-state index is 11.9. The van der Waals surface area contributed by atoms with E-state index in [9.17, 15) is 4.79 Å². The molecule has 0 unspecified atom stereocenters. The zero-order valence-electron chi connectivity index (χ0n) is 9.26. The van der Waals surface area contributed by atoms with Gasteiger partial charge in [0.1, 0.15) is 11.4 Å². The number of ketones is 1. The van der Waals surface area contributed by atoms with Gasteiger partial charge in [-0.25, -0.2) is 0 Å². The summed E-state index contributed by atoms with van der Waals surface area (Å²) in [5.74, 6) is 0.456. The number of aryl methyl sites for hydroxylation is 1. The summed E-state index contributed by atoms with van der Waals surface area (Å²) in [5.41, 5.74) is 0.364. The molecule has 1 aromatic carbocycles. The molecular weight excluding hydrogens is 240 g/mol. The van der Waals surface area contributed by atoms with Crippen LogP contribution in [0.5, 0.6) is 5.75 Å². The Balaban J connectivity index is 2.04. The highest BCUT2D eigenvalue weighted by atomic mass is 35.5. The summed E-state index contributed by atoms with van der Waals surface area (Å²) >= 11 is 5.86. The molecule has 2 rings (SSSR count). The van der Waals surface area contributed by atoms with Gasteiger partial charge in [0.05, 0.1) is 11.2 Å². The minimum atomic E-state index is -0.196. The fraction of sp³-hybridized carbons (Fsp3) is 0.167. The van der Waals surface area contributed by atoms with E-state index in [1.807, 2.05) is 18.2 Å². The third kappa shape index (κ3) is 2.65. The number of halogens is 1. The van der Waals surface area contributed by atoms with Crippen LogP contribution >= 0.6 is 11.6 Å². The second kappa shape index (κ2) is 5.01. The number of para-hydroxylation sites is 1. The van der Waals surface area contributed by atoms with E-state index in [1.54, 1.807) is 19.2 Å². The third-order valence-corrected chi connectivity index (χ3v) is 2.55. The number of aromatic nitrogens is 2. The van der Waals surface area contributed by atoms with Crippen molar-refractivity contribution in [2.45, 2.75) is 0 Å². The predicted octanol–water partition coefficient (Wildman–Crippen LogP) is 2.34. The molecule has 17 heavy (non-hydrogen) atoms. The fourth-order valence-electron chi connectivity index (χ4n) is 1.46. The molecule has 0 fully saturated rings. The number of rotatable bonds is 4. The third-order valence-electron chi connectivity index (χ3n) is 2.27. The summed E-state index contributed by atoms with van der Waals surface area (Å²) in [7, 11) is 1.67. The van der Waals surface area contributed by atoms with Gasteiger partial charge < -0.3 is 4.74 Å². The standard InChI is InChI=1S/C12H11ClN2O2/c1-15-12(10(13)7-14-15)11(16)8-17-9-5-3-2-4-6-9/h2-7H,8H2,1H3. The van der Waals surface area contributed by atoms with Crippen molar-refractivity contribution in [1.29, 1.82) is 0 Å². The van der Waals surface area contributed by atoms with Crippen molar-refractivity contribution in [2.24, 2.45) is 7.05 Å². The summed E-state index contributed by atoms with van der Waals surface area (Å²) in [5, 5.41) is 4.24. The van der Waals surface area contributed by atoms with Gasteiger partial charge in [0.25, 0.3) is 0 Å². The second-order valence-corrected chi connectivity index (χ2v) is 3.90. The molecule has 0 saturated carbocycles. The lowest BCUT2D eigenvalue weighted by Gasteiger charge is -2.05. The van der Waals surface area contributed by atoms with E-state index >= 15 is 0 Å². The van der Waals surface area contributed by atoms with Crippen LogP contribution < -0.4 is 4.74 Å². The van der Waals surface area contributed by atoms with Crippen molar-refractivity contribution in [1.82, 2.24) is 9.78 Å². The maximum atomic E-state index is 11.9. The van der Waals surface area contributed by atoms with E-state index in [4.69, 9.17) is 16.3 Å². The summed E-state index contributed by atoms with van der Waals surface area (Å²) < 4.78 is 6.80. The van der Waals surface area contributed by atoms with Gasteiger partial charge >= 0.3 is 0 Å². The second-order valence-electron chi connectivity index (χ2n) is 3.49. The first-order valence-corrected chi connectivity index (χ1v) is 5.45. The molecule has 0 atom stereocenters. The molecule has 88 valence electrons. The number of hydrogen-bond acceptors (Lipinski definition) is 3. The lowest BCUT2D eigenvalue weighted by molar-refractivity contribution is 0.0912. The van der Waals surface area contributed by atoms with Crippen molar-refractivity contribution in [3.63, 3.8) is 0 Å². The molecule has 1 heterocycles. The molecule has 0 N–H and O–H groups in total. The molecule has 4 nitrogen and oxygen atoms in total. The molecule has 2 aromatic rings. The molecule has 0 saturated heterocycles. The van der Waals surface area contributed by atoms with Crippen LogP contribution in [0.25, 0.3) is 0 Å². The van der Waals surface area contributed by atoms with Gasteiger partial charge in [0.2, 0.25) is 5.78 Å². The molecule has 0 spiro atoms. The highest BCUT2D eigenvalue weighted by molar-refractivity contribution is 6.33. The molecule has 0 amide bonds. The van der Waals surface area contributed by atoms with Crippen molar-refractivity contribution in [3.05, 3.63) is 47.2 Å². The Morgan fingerprint density at radius 3 is 2.71 bits per heavy atom. The normalized spacial score (nSPS) is 10.2. The summed E-state index contributed by atoms with van der Waals surface area (Å²) in [6.07, 6.45) is 1.44. The monoisotopic (exact) mass is 250 g/mol. The van der Waals surface area contributed by atoms with Crippen LogP contribution in [-0.4, -0.2) is 22.2 Å². The van der Waals surface area contributed by atoms with Crippen LogP contribution in [0.4, 0.5) is 0 Å². The number of benzene rings is 1. The average Bonchev–Trinajstić information content (AvgIpc) is 2.67. The molecule has 0 aliphatic rings. The molecule has 0 radical (unpaired) electrons. The van der Waals surface area contributed by atoms with E-state index in [0.717, 1.165) is 0 Å². The van der Waals surface area contributed by atoms with Crippen LogP contribution in [0.2, 0.25) is 5.02 Å². The van der Waals surface area contributed by atoms with Crippen LogP contribution in [0.1, 0.15) is 10.5 Å². The first-order chi connectivity index (χ1) is 8.18. The Hall–Kier alpha value is -1.81. The van der Waals surface area contributed by atoms with Crippen LogP contribution in [0.15, 0.2) is 36.5 Å². The predicted molar refractivity (Wildman–Crippen MR) is 64.5 cm³/mol. The van der Waals surface area contributed by atoms with E-state index in [0.29, 0.717) is 16.5 Å². The Bertz CT molecular complexity index is 503. The first-order valence-electron chi connectivity index (χ1n) is 5.07. The number of hydrogen-bond donors (Lipinski definition) is 0. The van der Waals surface area contributed by atoms with Crippen molar-refractivity contribution < 1.29 is 9.53 Å². The molecule has 1 aromatic heterocycles. The summed E-state index contributed by atoms with van der Waals surface area (Å²) in [6.45, 7) is -0.0523. The quantitative estimate of drug-likeness (QED) is 0.783. The van der Waals surface area contributed by atoms with Gasteiger partial charge in [0, 0.05) is 7.05 Å². The first kappa shape index (κ1) is 11.7. The molecule has 0 aliphatic carbocycles. The van der Waals surface area contributed by atoms with E-state index < -0.39 is 0 Å². The van der Waals surface area contributed by atoms with E-state index in [1.165, 1.54) is 10.9 Å². The van der Waals surface area contributed by atoms with Gasteiger partial charge in [-0.05, 0) is 12.1 Å². The van der Waals surface area contributed by atoms with Crippen molar-refractivity contribution in [2.75, 3.05) is 6.61 Å². The number of ether oxygens (including phenoxy) is 1. The van der Waals surface area contributed by atoms with Gasteiger partial charge in [-0.2, -0.15) is 5.10 Å². The SMILES string of the molecule is Cn1ncc(Cl)c1C(=O)COc1ccccc1. The number of carbonyl (C=O) groups is 1. The zero-order chi connectivity index (χ0) is 12.3.